The first-order chi connectivity index (χ1) is 16.1. The molecule has 8 heteroatoms. The molecular formula is C26H39N3O5. The molecule has 8 nitrogen and oxygen atoms in total. The summed E-state index contributed by atoms with van der Waals surface area (Å²) in [5.74, 6) is -0.0564. The first kappa shape index (κ1) is 26.0. The average molecular weight is 474 g/mol. The highest BCUT2D eigenvalue weighted by Gasteiger charge is 2.46. The van der Waals surface area contributed by atoms with Crippen LogP contribution in [0.2, 0.25) is 0 Å². The van der Waals surface area contributed by atoms with Crippen molar-refractivity contribution in [3.8, 4) is 5.75 Å². The van der Waals surface area contributed by atoms with E-state index in [9.17, 15) is 14.4 Å². The molecular weight excluding hydrogens is 434 g/mol. The van der Waals surface area contributed by atoms with Crippen LogP contribution in [-0.4, -0.2) is 70.6 Å². The lowest BCUT2D eigenvalue weighted by Crippen LogP contribution is -2.62. The molecule has 0 aromatic heterocycles. The van der Waals surface area contributed by atoms with Crippen molar-refractivity contribution in [3.63, 3.8) is 0 Å². The van der Waals surface area contributed by atoms with Crippen LogP contribution in [0.25, 0.3) is 0 Å². The van der Waals surface area contributed by atoms with E-state index in [1.807, 2.05) is 24.3 Å². The molecule has 0 N–H and O–H groups in total. The molecule has 0 spiro atoms. The van der Waals surface area contributed by atoms with E-state index in [1.165, 1.54) is 32.4 Å². The minimum Gasteiger partial charge on any atom is -0.494 e. The van der Waals surface area contributed by atoms with Crippen molar-refractivity contribution < 1.29 is 23.9 Å². The van der Waals surface area contributed by atoms with Crippen molar-refractivity contribution in [1.82, 2.24) is 14.7 Å². The largest absolute Gasteiger partial charge is 0.494 e. The van der Waals surface area contributed by atoms with Crippen LogP contribution in [0, 0.1) is 5.92 Å². The zero-order chi connectivity index (χ0) is 24.9. The Hall–Kier alpha value is -2.61. The number of amides is 4. The average Bonchev–Trinajstić information content (AvgIpc) is 2.79. The highest BCUT2D eigenvalue weighted by atomic mass is 16.6. The van der Waals surface area contributed by atoms with Gasteiger partial charge >= 0.3 is 12.1 Å². The van der Waals surface area contributed by atoms with Gasteiger partial charge in [0.05, 0.1) is 25.1 Å². The van der Waals surface area contributed by atoms with E-state index in [1.54, 1.807) is 34.6 Å². The van der Waals surface area contributed by atoms with Crippen LogP contribution in [0.4, 0.5) is 9.59 Å². The topological polar surface area (TPSA) is 79.4 Å². The lowest BCUT2D eigenvalue weighted by atomic mass is 9.97. The van der Waals surface area contributed by atoms with Gasteiger partial charge in [-0.25, -0.2) is 14.5 Å². The molecule has 3 rings (SSSR count). The van der Waals surface area contributed by atoms with Gasteiger partial charge in [-0.15, -0.1) is 0 Å². The molecule has 2 fully saturated rings. The predicted molar refractivity (Wildman–Crippen MR) is 129 cm³/mol. The van der Waals surface area contributed by atoms with Crippen molar-refractivity contribution in [3.05, 3.63) is 29.8 Å². The summed E-state index contributed by atoms with van der Waals surface area (Å²) in [6.07, 6.45) is 4.16. The van der Waals surface area contributed by atoms with Gasteiger partial charge in [0.25, 0.3) is 0 Å². The number of imide groups is 2. The van der Waals surface area contributed by atoms with Crippen molar-refractivity contribution >= 4 is 18.0 Å². The summed E-state index contributed by atoms with van der Waals surface area (Å²) in [7, 11) is 0. The van der Waals surface area contributed by atoms with E-state index >= 15 is 0 Å². The molecule has 2 aliphatic rings. The molecule has 34 heavy (non-hydrogen) atoms. The fourth-order valence-electron chi connectivity index (χ4n) is 4.31. The van der Waals surface area contributed by atoms with E-state index in [0.29, 0.717) is 6.61 Å². The Morgan fingerprint density at radius 2 is 1.68 bits per heavy atom. The quantitative estimate of drug-likeness (QED) is 0.536. The van der Waals surface area contributed by atoms with Crippen molar-refractivity contribution in [2.24, 2.45) is 5.92 Å². The summed E-state index contributed by atoms with van der Waals surface area (Å²) in [4.78, 5) is 43.3. The van der Waals surface area contributed by atoms with Gasteiger partial charge in [-0.2, -0.15) is 0 Å². The van der Waals surface area contributed by atoms with E-state index in [2.05, 4.69) is 4.90 Å². The molecule has 2 heterocycles. The molecule has 0 bridgehead atoms. The maximum atomic E-state index is 13.1. The highest BCUT2D eigenvalue weighted by molar-refractivity contribution is 6.04. The maximum absolute atomic E-state index is 13.1. The minimum atomic E-state index is -0.740. The smallest absolute Gasteiger partial charge is 0.418 e. The molecule has 2 aliphatic heterocycles. The third-order valence-corrected chi connectivity index (χ3v) is 6.41. The van der Waals surface area contributed by atoms with E-state index in [0.717, 1.165) is 34.1 Å². The van der Waals surface area contributed by atoms with Gasteiger partial charge in [0.15, 0.2) is 0 Å². The molecule has 1 aromatic carbocycles. The fraction of sp³-hybridized carbons (Fsp3) is 0.654. The number of hydrogen-bond donors (Lipinski definition) is 0. The Kier molecular flexibility index (Phi) is 8.57. The normalized spacial score (nSPS) is 22.1. The number of hydrogen-bond acceptors (Lipinski definition) is 6. The second-order valence-electron chi connectivity index (χ2n) is 10.3. The van der Waals surface area contributed by atoms with Crippen molar-refractivity contribution in [2.45, 2.75) is 78.5 Å². The van der Waals surface area contributed by atoms with Gasteiger partial charge in [-0.3, -0.25) is 9.69 Å². The predicted octanol–water partition coefficient (Wildman–Crippen LogP) is 4.67. The Bertz CT molecular complexity index is 858. The van der Waals surface area contributed by atoms with Crippen LogP contribution in [0.15, 0.2) is 24.3 Å². The molecule has 0 saturated carbocycles. The molecule has 4 amide bonds. The molecule has 0 aliphatic carbocycles. The number of benzene rings is 1. The summed E-state index contributed by atoms with van der Waals surface area (Å²) in [6, 6.07) is 6.18. The van der Waals surface area contributed by atoms with Crippen molar-refractivity contribution in [2.75, 3.05) is 26.2 Å². The second kappa shape index (κ2) is 11.2. The number of likely N-dealkylation sites (tertiary alicyclic amines) is 1. The zero-order valence-corrected chi connectivity index (χ0v) is 21.2. The highest BCUT2D eigenvalue weighted by Crippen LogP contribution is 2.27. The first-order valence-electron chi connectivity index (χ1n) is 12.4. The standard InChI is InChI=1S/C26H39N3O5/c1-19-20(2)29(25(32)34-26(3,4)5)24(31)28(23(19)30)18-21-10-12-22(13-11-21)33-17-9-16-27-14-7-6-8-15-27/h10-13,19-20H,6-9,14-18H2,1-5H3. The number of rotatable bonds is 7. The van der Waals surface area contributed by atoms with E-state index < -0.39 is 29.7 Å². The lowest BCUT2D eigenvalue weighted by molar-refractivity contribution is -0.137. The lowest BCUT2D eigenvalue weighted by Gasteiger charge is -2.41. The molecule has 188 valence electrons. The van der Waals surface area contributed by atoms with Crippen LogP contribution < -0.4 is 4.74 Å². The van der Waals surface area contributed by atoms with E-state index in [-0.39, 0.29) is 12.5 Å². The number of ether oxygens (including phenoxy) is 2. The number of carbonyl (C=O) groups excluding carboxylic acids is 3. The second-order valence-corrected chi connectivity index (χ2v) is 10.3. The van der Waals surface area contributed by atoms with Crippen LogP contribution in [0.1, 0.15) is 65.9 Å². The summed E-state index contributed by atoms with van der Waals surface area (Å²) >= 11 is 0. The number of carbonyl (C=O) groups is 3. The number of nitrogens with zero attached hydrogens (tertiary/aromatic N) is 3. The van der Waals surface area contributed by atoms with Crippen LogP contribution in [-0.2, 0) is 16.1 Å². The van der Waals surface area contributed by atoms with Crippen LogP contribution in [0.5, 0.6) is 5.75 Å². The monoisotopic (exact) mass is 473 g/mol. The van der Waals surface area contributed by atoms with Gasteiger partial charge in [-0.05, 0) is 77.7 Å². The Morgan fingerprint density at radius 1 is 1.03 bits per heavy atom. The number of urea groups is 1. The molecule has 2 unspecified atom stereocenters. The SMILES string of the molecule is CC1C(=O)N(Cc2ccc(OCCCN3CCCCC3)cc2)C(=O)N(C(=O)OC(C)(C)C)C1C. The third kappa shape index (κ3) is 6.72. The van der Waals surface area contributed by atoms with Gasteiger partial charge in [0.2, 0.25) is 5.91 Å². The molecule has 2 atom stereocenters. The fourth-order valence-corrected chi connectivity index (χ4v) is 4.31. The van der Waals surface area contributed by atoms with E-state index in [4.69, 9.17) is 9.47 Å². The zero-order valence-electron chi connectivity index (χ0n) is 21.2. The number of piperidine rings is 1. The van der Waals surface area contributed by atoms with Gasteiger partial charge in [-0.1, -0.05) is 25.5 Å². The summed E-state index contributed by atoms with van der Waals surface area (Å²) in [5, 5.41) is 0. The Morgan fingerprint density at radius 3 is 2.29 bits per heavy atom. The Balaban J connectivity index is 1.57. The molecule has 1 aromatic rings. The van der Waals surface area contributed by atoms with Crippen LogP contribution in [0.3, 0.4) is 0 Å². The van der Waals surface area contributed by atoms with Gasteiger partial charge < -0.3 is 14.4 Å². The van der Waals surface area contributed by atoms with Gasteiger partial charge in [0.1, 0.15) is 11.4 Å². The minimum absolute atomic E-state index is 0.0866. The summed E-state index contributed by atoms with van der Waals surface area (Å²) in [6.45, 7) is 12.8. The maximum Gasteiger partial charge on any atom is 0.418 e. The first-order valence-corrected chi connectivity index (χ1v) is 12.4. The molecule has 2 saturated heterocycles. The summed E-state index contributed by atoms with van der Waals surface area (Å²) in [5.41, 5.74) is 0.0456. The van der Waals surface area contributed by atoms with Gasteiger partial charge in [0, 0.05) is 6.54 Å². The summed E-state index contributed by atoms with van der Waals surface area (Å²) < 4.78 is 11.3. The Labute approximate surface area is 203 Å². The van der Waals surface area contributed by atoms with Crippen LogP contribution >= 0.6 is 0 Å². The van der Waals surface area contributed by atoms with Crippen molar-refractivity contribution in [1.29, 1.82) is 0 Å². The third-order valence-electron chi connectivity index (χ3n) is 6.41. The molecule has 0 radical (unpaired) electrons.